The second-order valence-electron chi connectivity index (χ2n) is 14.0. The van der Waals surface area contributed by atoms with Crippen molar-refractivity contribution in [3.05, 3.63) is 186 Å². The molecule has 0 unspecified atom stereocenters. The topological polar surface area (TPSA) is 57.6 Å². The van der Waals surface area contributed by atoms with Crippen LogP contribution in [-0.2, 0) is 14.1 Å². The van der Waals surface area contributed by atoms with Gasteiger partial charge in [-0.05, 0) is 75.8 Å². The van der Waals surface area contributed by atoms with E-state index in [1.807, 2.05) is 38.4 Å². The maximum absolute atomic E-state index is 12.7. The summed E-state index contributed by atoms with van der Waals surface area (Å²) in [4.78, 5) is 23.2. The van der Waals surface area contributed by atoms with E-state index in [1.165, 1.54) is 11.1 Å². The first-order valence-corrected chi connectivity index (χ1v) is 18.4. The zero-order chi connectivity index (χ0) is 37.0. The van der Waals surface area contributed by atoms with Crippen LogP contribution in [0.25, 0.3) is 94.7 Å². The van der Waals surface area contributed by atoms with Gasteiger partial charge in [-0.1, -0.05) is 127 Å². The monoisotopic (exact) mass is 709 g/mol. The first-order valence-electron chi connectivity index (χ1n) is 18.4. The Hall–Kier alpha value is -7.31. The summed E-state index contributed by atoms with van der Waals surface area (Å²) in [5, 5.41) is 2.31. The van der Waals surface area contributed by atoms with Crippen molar-refractivity contribution in [3.63, 3.8) is 0 Å². The summed E-state index contributed by atoms with van der Waals surface area (Å²) in [6.45, 7) is 0. The summed E-state index contributed by atoms with van der Waals surface area (Å²) < 4.78 is 5.66. The van der Waals surface area contributed by atoms with E-state index in [-0.39, 0.29) is 5.69 Å². The summed E-state index contributed by atoms with van der Waals surface area (Å²) in [5.74, 6) is 1.44. The van der Waals surface area contributed by atoms with E-state index in [0.29, 0.717) is 5.82 Å². The Labute approximate surface area is 317 Å². The molecule has 3 aromatic heterocycles. The van der Waals surface area contributed by atoms with Crippen LogP contribution in [0.2, 0.25) is 0 Å². The Morgan fingerprint density at radius 2 is 0.855 bits per heavy atom. The molecular formula is C49H35N5O. The lowest BCUT2D eigenvalue weighted by Gasteiger charge is -2.13. The number of imidazole rings is 1. The highest BCUT2D eigenvalue weighted by molar-refractivity contribution is 6.11. The molecule has 10 aromatic rings. The van der Waals surface area contributed by atoms with Gasteiger partial charge in [0.25, 0.3) is 0 Å². The molecule has 0 radical (unpaired) electrons. The van der Waals surface area contributed by atoms with Gasteiger partial charge in [-0.2, -0.15) is 0 Å². The highest BCUT2D eigenvalue weighted by Gasteiger charge is 2.19. The molecule has 6 nitrogen and oxygen atoms in total. The molecule has 0 spiro atoms. The lowest BCUT2D eigenvalue weighted by molar-refractivity contribution is 0.795. The van der Waals surface area contributed by atoms with E-state index < -0.39 is 0 Å². The van der Waals surface area contributed by atoms with Crippen molar-refractivity contribution in [1.82, 2.24) is 23.7 Å². The predicted octanol–water partition coefficient (Wildman–Crippen LogP) is 11.1. The van der Waals surface area contributed by atoms with Crippen molar-refractivity contribution in [3.8, 4) is 61.8 Å². The van der Waals surface area contributed by atoms with Crippen molar-refractivity contribution < 1.29 is 0 Å². The van der Waals surface area contributed by atoms with Crippen molar-refractivity contribution in [2.24, 2.45) is 14.1 Å². The molecule has 0 atom stereocenters. The van der Waals surface area contributed by atoms with Crippen LogP contribution in [0.5, 0.6) is 0 Å². The molecule has 0 saturated carbocycles. The van der Waals surface area contributed by atoms with Gasteiger partial charge in [0.15, 0.2) is 5.82 Å². The predicted molar refractivity (Wildman–Crippen MR) is 225 cm³/mol. The van der Waals surface area contributed by atoms with Gasteiger partial charge in [0.1, 0.15) is 5.82 Å². The van der Waals surface area contributed by atoms with Gasteiger partial charge in [-0.25, -0.2) is 14.8 Å². The molecule has 6 heteroatoms. The number of fused-ring (bicyclic) bond motifs is 4. The van der Waals surface area contributed by atoms with Crippen LogP contribution in [-0.4, -0.2) is 23.7 Å². The summed E-state index contributed by atoms with van der Waals surface area (Å²) in [7, 11) is 3.63. The average Bonchev–Trinajstić information content (AvgIpc) is 3.69. The van der Waals surface area contributed by atoms with Gasteiger partial charge < -0.3 is 0 Å². The molecule has 0 aliphatic rings. The normalized spacial score (nSPS) is 11.5. The molecule has 55 heavy (non-hydrogen) atoms. The van der Waals surface area contributed by atoms with Crippen molar-refractivity contribution in [1.29, 1.82) is 0 Å². The largest absolute Gasteiger partial charge is 0.328 e. The lowest BCUT2D eigenvalue weighted by atomic mass is 10.0. The van der Waals surface area contributed by atoms with E-state index in [2.05, 4.69) is 156 Å². The molecule has 0 saturated heterocycles. The molecule has 10 rings (SSSR count). The number of rotatable bonds is 6. The number of aryl methyl sites for hydroxylation is 2. The Bertz CT molecular complexity index is 3020. The van der Waals surface area contributed by atoms with Gasteiger partial charge in [0, 0.05) is 42.1 Å². The number of nitrogens with zero attached hydrogens (tertiary/aromatic N) is 5. The first kappa shape index (κ1) is 32.3. The zero-order valence-corrected chi connectivity index (χ0v) is 30.4. The molecule has 0 aliphatic carbocycles. The number of benzene rings is 7. The number of hydrogen-bond donors (Lipinski definition) is 0. The minimum Gasteiger partial charge on any atom is -0.295 e. The van der Waals surface area contributed by atoms with Crippen LogP contribution >= 0.6 is 0 Å². The van der Waals surface area contributed by atoms with Crippen molar-refractivity contribution in [2.75, 3.05) is 0 Å². The Morgan fingerprint density at radius 1 is 0.382 bits per heavy atom. The van der Waals surface area contributed by atoms with Crippen LogP contribution in [0.4, 0.5) is 0 Å². The third-order valence-corrected chi connectivity index (χ3v) is 10.7. The minimum absolute atomic E-state index is 0.0412. The fourth-order valence-corrected chi connectivity index (χ4v) is 7.85. The fourth-order valence-electron chi connectivity index (χ4n) is 7.85. The fraction of sp³-hybridized carbons (Fsp3) is 0.0408. The van der Waals surface area contributed by atoms with Crippen LogP contribution in [0.3, 0.4) is 0 Å². The Kier molecular flexibility index (Phi) is 7.63. The summed E-state index contributed by atoms with van der Waals surface area (Å²) in [5.41, 5.74) is 13.4. The van der Waals surface area contributed by atoms with Crippen LogP contribution in [0.1, 0.15) is 0 Å². The van der Waals surface area contributed by atoms with E-state index in [4.69, 9.17) is 9.97 Å². The van der Waals surface area contributed by atoms with Crippen molar-refractivity contribution >= 4 is 32.8 Å². The van der Waals surface area contributed by atoms with Gasteiger partial charge >= 0.3 is 5.69 Å². The van der Waals surface area contributed by atoms with Gasteiger partial charge in [0.05, 0.1) is 27.8 Å². The smallest absolute Gasteiger partial charge is 0.295 e. The molecule has 262 valence electrons. The molecule has 0 aliphatic heterocycles. The average molecular weight is 710 g/mol. The second-order valence-corrected chi connectivity index (χ2v) is 14.0. The summed E-state index contributed by atoms with van der Waals surface area (Å²) >= 11 is 0. The Morgan fingerprint density at radius 3 is 1.45 bits per heavy atom. The molecule has 0 N–H and O–H groups in total. The maximum Gasteiger partial charge on any atom is 0.328 e. The SMILES string of the molecule is Cn1c(=O)n(C)c2cc(-c3cccc(-c4cc(-n5c6ccc(-c7ccccc7)cc6c6cc(-c7ccccc7)ccc65)nc(-c5ccccc5)n4)c3)ccc21. The highest BCUT2D eigenvalue weighted by atomic mass is 16.1. The van der Waals surface area contributed by atoms with Gasteiger partial charge in [-0.15, -0.1) is 0 Å². The first-order chi connectivity index (χ1) is 27.0. The van der Waals surface area contributed by atoms with Gasteiger partial charge in [-0.3, -0.25) is 13.7 Å². The van der Waals surface area contributed by atoms with Crippen molar-refractivity contribution in [2.45, 2.75) is 0 Å². The summed E-state index contributed by atoms with van der Waals surface area (Å²) in [6, 6.07) is 61.4. The molecule has 0 amide bonds. The molecule has 0 fully saturated rings. The highest BCUT2D eigenvalue weighted by Crippen LogP contribution is 2.38. The van der Waals surface area contributed by atoms with E-state index >= 15 is 0 Å². The zero-order valence-electron chi connectivity index (χ0n) is 30.4. The van der Waals surface area contributed by atoms with E-state index in [1.54, 1.807) is 9.13 Å². The quantitative estimate of drug-likeness (QED) is 0.173. The van der Waals surface area contributed by atoms with Crippen LogP contribution in [0, 0.1) is 0 Å². The number of hydrogen-bond acceptors (Lipinski definition) is 3. The third kappa shape index (κ3) is 5.54. The maximum atomic E-state index is 12.7. The van der Waals surface area contributed by atoms with Crippen LogP contribution in [0.15, 0.2) is 181 Å². The molecule has 7 aromatic carbocycles. The van der Waals surface area contributed by atoms with Gasteiger partial charge in [0.2, 0.25) is 0 Å². The molecular weight excluding hydrogens is 675 g/mol. The van der Waals surface area contributed by atoms with Crippen LogP contribution < -0.4 is 5.69 Å². The third-order valence-electron chi connectivity index (χ3n) is 10.7. The molecule has 0 bridgehead atoms. The second kappa shape index (κ2) is 13.0. The minimum atomic E-state index is -0.0412. The lowest BCUT2D eigenvalue weighted by Crippen LogP contribution is -2.19. The number of aromatic nitrogens is 5. The van der Waals surface area contributed by atoms with E-state index in [9.17, 15) is 4.79 Å². The Balaban J connectivity index is 1.19. The summed E-state index contributed by atoms with van der Waals surface area (Å²) in [6.07, 6.45) is 0. The standard InChI is InChI=1S/C49H35N5O/c1-52-45-26-23-38(30-46(45)53(2)49(52)55)35-19-12-20-39(27-35)42-31-47(51-48(50-42)34-17-10-5-11-18-34)54-43-24-21-36(32-13-6-3-7-14-32)28-40(43)41-29-37(22-25-44(41)54)33-15-8-4-9-16-33/h3-31H,1-2H3. The van der Waals surface area contributed by atoms with E-state index in [0.717, 1.165) is 77.7 Å². The molecule has 3 heterocycles.